The number of hydrogen-bond acceptors (Lipinski definition) is 3. The SMILES string of the molecule is Nc1c(-c2cccs2)ccc(-c2cccc(-c3ccccc3)c2)c1-c1cccnc1. The molecule has 0 aliphatic carbocycles. The van der Waals surface area contributed by atoms with Gasteiger partial charge in [0.1, 0.15) is 0 Å². The molecule has 3 heteroatoms. The molecule has 0 atom stereocenters. The minimum Gasteiger partial charge on any atom is -0.398 e. The number of nitrogen functional groups attached to an aromatic ring is 1. The van der Waals surface area contributed by atoms with Crippen LogP contribution in [0.25, 0.3) is 43.8 Å². The maximum absolute atomic E-state index is 6.77. The summed E-state index contributed by atoms with van der Waals surface area (Å²) in [5, 5.41) is 2.08. The average Bonchev–Trinajstić information content (AvgIpc) is 3.35. The van der Waals surface area contributed by atoms with Crippen molar-refractivity contribution in [3.8, 4) is 43.8 Å². The Kier molecular flexibility index (Phi) is 4.88. The van der Waals surface area contributed by atoms with Crippen molar-refractivity contribution in [2.45, 2.75) is 0 Å². The van der Waals surface area contributed by atoms with E-state index in [2.05, 4.69) is 89.2 Å². The number of nitrogens with zero attached hydrogens (tertiary/aromatic N) is 1. The van der Waals surface area contributed by atoms with Gasteiger partial charge >= 0.3 is 0 Å². The summed E-state index contributed by atoms with van der Waals surface area (Å²) < 4.78 is 0. The van der Waals surface area contributed by atoms with Gasteiger partial charge in [-0.15, -0.1) is 11.3 Å². The molecule has 0 aliphatic rings. The van der Waals surface area contributed by atoms with Crippen molar-refractivity contribution < 1.29 is 0 Å². The number of pyridine rings is 1. The number of hydrogen-bond donors (Lipinski definition) is 1. The summed E-state index contributed by atoms with van der Waals surface area (Å²) in [6.07, 6.45) is 3.67. The Bertz CT molecular complexity index is 1280. The molecule has 2 nitrogen and oxygen atoms in total. The van der Waals surface area contributed by atoms with Crippen LogP contribution in [0.2, 0.25) is 0 Å². The van der Waals surface area contributed by atoms with E-state index in [-0.39, 0.29) is 0 Å². The van der Waals surface area contributed by atoms with Crippen LogP contribution in [-0.4, -0.2) is 4.98 Å². The number of rotatable bonds is 4. The normalized spacial score (nSPS) is 10.8. The van der Waals surface area contributed by atoms with Gasteiger partial charge in [0, 0.05) is 39.6 Å². The van der Waals surface area contributed by atoms with Crippen LogP contribution >= 0.6 is 11.3 Å². The third-order valence-corrected chi connectivity index (χ3v) is 6.17. The molecule has 3 aromatic carbocycles. The highest BCUT2D eigenvalue weighted by Crippen LogP contribution is 2.43. The van der Waals surface area contributed by atoms with Gasteiger partial charge < -0.3 is 5.73 Å². The second-order valence-corrected chi connectivity index (χ2v) is 8.06. The van der Waals surface area contributed by atoms with E-state index in [0.29, 0.717) is 0 Å². The summed E-state index contributed by atoms with van der Waals surface area (Å²) in [6.45, 7) is 0. The van der Waals surface area contributed by atoms with Crippen LogP contribution in [0, 0.1) is 0 Å². The molecule has 2 aromatic heterocycles. The van der Waals surface area contributed by atoms with E-state index in [1.807, 2.05) is 18.3 Å². The Morgan fingerprint density at radius 3 is 2.17 bits per heavy atom. The summed E-state index contributed by atoms with van der Waals surface area (Å²) >= 11 is 1.70. The zero-order valence-corrected chi connectivity index (χ0v) is 17.1. The fraction of sp³-hybridized carbons (Fsp3) is 0. The molecule has 5 aromatic rings. The average molecular weight is 405 g/mol. The van der Waals surface area contributed by atoms with Crippen LogP contribution in [-0.2, 0) is 0 Å². The van der Waals surface area contributed by atoms with Crippen molar-refractivity contribution in [1.29, 1.82) is 0 Å². The number of nitrogens with two attached hydrogens (primary N) is 1. The van der Waals surface area contributed by atoms with Crippen LogP contribution in [0.15, 0.2) is 109 Å². The first-order valence-corrected chi connectivity index (χ1v) is 10.7. The highest BCUT2D eigenvalue weighted by molar-refractivity contribution is 7.13. The molecule has 0 amide bonds. The van der Waals surface area contributed by atoms with Gasteiger partial charge in [0.25, 0.3) is 0 Å². The first-order valence-electron chi connectivity index (χ1n) is 9.84. The van der Waals surface area contributed by atoms with Crippen LogP contribution in [0.1, 0.15) is 0 Å². The van der Waals surface area contributed by atoms with Gasteiger partial charge in [0.2, 0.25) is 0 Å². The van der Waals surface area contributed by atoms with Gasteiger partial charge in [-0.25, -0.2) is 0 Å². The highest BCUT2D eigenvalue weighted by Gasteiger charge is 2.16. The third kappa shape index (κ3) is 3.40. The lowest BCUT2D eigenvalue weighted by Crippen LogP contribution is -1.97. The van der Waals surface area contributed by atoms with E-state index in [4.69, 9.17) is 5.73 Å². The van der Waals surface area contributed by atoms with Crippen LogP contribution < -0.4 is 5.73 Å². The molecule has 0 bridgehead atoms. The molecule has 0 unspecified atom stereocenters. The quantitative estimate of drug-likeness (QED) is 0.317. The third-order valence-electron chi connectivity index (χ3n) is 5.26. The van der Waals surface area contributed by atoms with Crippen LogP contribution in [0.5, 0.6) is 0 Å². The van der Waals surface area contributed by atoms with E-state index in [9.17, 15) is 0 Å². The lowest BCUT2D eigenvalue weighted by Gasteiger charge is -2.17. The molecule has 30 heavy (non-hydrogen) atoms. The lowest BCUT2D eigenvalue weighted by atomic mass is 9.90. The van der Waals surface area contributed by atoms with Gasteiger partial charge in [0.15, 0.2) is 0 Å². The van der Waals surface area contributed by atoms with Crippen molar-refractivity contribution in [2.75, 3.05) is 5.73 Å². The first kappa shape index (κ1) is 18.3. The molecule has 0 spiro atoms. The van der Waals surface area contributed by atoms with E-state index in [1.54, 1.807) is 17.5 Å². The Labute approximate surface area is 180 Å². The van der Waals surface area contributed by atoms with E-state index >= 15 is 0 Å². The molecule has 2 N–H and O–H groups in total. The Morgan fingerprint density at radius 2 is 1.40 bits per heavy atom. The maximum Gasteiger partial charge on any atom is 0.0488 e. The molecule has 0 fully saturated rings. The molecular formula is C27H20N2S. The molecule has 5 rings (SSSR count). The number of aromatic nitrogens is 1. The van der Waals surface area contributed by atoms with Gasteiger partial charge in [-0.3, -0.25) is 4.98 Å². The smallest absolute Gasteiger partial charge is 0.0488 e. The second kappa shape index (κ2) is 7.97. The largest absolute Gasteiger partial charge is 0.398 e. The number of anilines is 1. The predicted octanol–water partition coefficient (Wildman–Crippen LogP) is 7.39. The standard InChI is InChI=1S/C27H20N2S/c28-27-24(25-12-6-16-30-25)14-13-23(26(27)22-11-5-15-29-18-22)21-10-4-9-20(17-21)19-7-2-1-3-8-19/h1-18H,28H2. The highest BCUT2D eigenvalue weighted by atomic mass is 32.1. The summed E-state index contributed by atoms with van der Waals surface area (Å²) in [6, 6.07) is 31.6. The topological polar surface area (TPSA) is 38.9 Å². The van der Waals surface area contributed by atoms with Crippen molar-refractivity contribution >= 4 is 17.0 Å². The van der Waals surface area contributed by atoms with E-state index < -0.39 is 0 Å². The van der Waals surface area contributed by atoms with Crippen molar-refractivity contribution in [3.63, 3.8) is 0 Å². The zero-order chi connectivity index (χ0) is 20.3. The van der Waals surface area contributed by atoms with Crippen LogP contribution in [0.4, 0.5) is 5.69 Å². The Balaban J connectivity index is 1.72. The second-order valence-electron chi connectivity index (χ2n) is 7.12. The number of thiophene rings is 1. The van der Waals surface area contributed by atoms with Crippen molar-refractivity contribution in [3.05, 3.63) is 109 Å². The van der Waals surface area contributed by atoms with Crippen molar-refractivity contribution in [1.82, 2.24) is 4.98 Å². The van der Waals surface area contributed by atoms with Gasteiger partial charge in [-0.2, -0.15) is 0 Å². The lowest BCUT2D eigenvalue weighted by molar-refractivity contribution is 1.33. The Hall–Kier alpha value is -3.69. The fourth-order valence-corrected chi connectivity index (χ4v) is 4.59. The molecule has 0 saturated heterocycles. The molecule has 2 heterocycles. The van der Waals surface area contributed by atoms with E-state index in [0.717, 1.165) is 33.5 Å². The summed E-state index contributed by atoms with van der Waals surface area (Å²) in [4.78, 5) is 5.51. The maximum atomic E-state index is 6.77. The Morgan fingerprint density at radius 1 is 0.633 bits per heavy atom. The minimum atomic E-state index is 0.785. The first-order chi connectivity index (χ1) is 14.8. The van der Waals surface area contributed by atoms with Crippen LogP contribution in [0.3, 0.4) is 0 Å². The molecule has 0 aliphatic heterocycles. The molecule has 0 saturated carbocycles. The summed E-state index contributed by atoms with van der Waals surface area (Å²) in [5.41, 5.74) is 15.3. The summed E-state index contributed by atoms with van der Waals surface area (Å²) in [7, 11) is 0. The number of benzene rings is 3. The zero-order valence-electron chi connectivity index (χ0n) is 16.3. The fourth-order valence-electron chi connectivity index (χ4n) is 3.83. The molecular weight excluding hydrogens is 384 g/mol. The van der Waals surface area contributed by atoms with Gasteiger partial charge in [-0.05, 0) is 45.8 Å². The monoisotopic (exact) mass is 404 g/mol. The molecule has 0 radical (unpaired) electrons. The minimum absolute atomic E-state index is 0.785. The predicted molar refractivity (Wildman–Crippen MR) is 128 cm³/mol. The van der Waals surface area contributed by atoms with Gasteiger partial charge in [-0.1, -0.05) is 72.8 Å². The van der Waals surface area contributed by atoms with Gasteiger partial charge in [0.05, 0.1) is 0 Å². The summed E-state index contributed by atoms with van der Waals surface area (Å²) in [5.74, 6) is 0. The molecule has 144 valence electrons. The van der Waals surface area contributed by atoms with Crippen molar-refractivity contribution in [2.24, 2.45) is 0 Å². The van der Waals surface area contributed by atoms with E-state index in [1.165, 1.54) is 16.0 Å².